The average Bonchev–Trinajstić information content (AvgIpc) is 1.54. The maximum absolute atomic E-state index is 8.33. The second kappa shape index (κ2) is 36.2. The van der Waals surface area contributed by atoms with Crippen LogP contribution in [0.25, 0.3) is 0 Å². The van der Waals surface area contributed by atoms with Crippen LogP contribution in [0.4, 0.5) is 14.4 Å². The molecule has 0 spiro atoms. The van der Waals surface area contributed by atoms with Crippen LogP contribution in [0.2, 0.25) is 0 Å². The fourth-order valence-corrected chi connectivity index (χ4v) is 0. The number of hydrogen-bond acceptors (Lipinski definition) is 9. The summed E-state index contributed by atoms with van der Waals surface area (Å²) in [5.41, 5.74) is 0. The molecule has 0 aliphatic carbocycles. The van der Waals surface area contributed by atoms with Gasteiger partial charge in [-0.1, -0.05) is 0 Å². The third-order valence-corrected chi connectivity index (χ3v) is 0. The van der Waals surface area contributed by atoms with Gasteiger partial charge in [0.15, 0.2) is 0 Å². The van der Waals surface area contributed by atoms with E-state index in [4.69, 9.17) is 45.0 Å². The standard InChI is InChI=1S/3CH2O3.2Er.2H2O/c3*2-1(3)4;;;;/h3*(H2,2,3,4);;;2*1H2/q;;;2*+3;;/p-6. The van der Waals surface area contributed by atoms with Crippen molar-refractivity contribution < 1.29 is 131 Å². The second-order valence-corrected chi connectivity index (χ2v) is 0.750. The van der Waals surface area contributed by atoms with Crippen LogP contribution in [0, 0.1) is 74.6 Å². The van der Waals surface area contributed by atoms with E-state index >= 15 is 0 Å². The van der Waals surface area contributed by atoms with Crippen molar-refractivity contribution in [1.29, 1.82) is 0 Å². The summed E-state index contributed by atoms with van der Waals surface area (Å²) in [5, 5.41) is 50.0. The Bertz CT molecular complexity index is 117. The minimum absolute atomic E-state index is 0. The maximum Gasteiger partial charge on any atom is 3.00 e. The predicted molar refractivity (Wildman–Crippen MR) is 23.4 cm³/mol. The largest absolute Gasteiger partial charge is 3.00 e. The van der Waals surface area contributed by atoms with E-state index in [0.29, 0.717) is 0 Å². The van der Waals surface area contributed by atoms with Crippen molar-refractivity contribution in [3.8, 4) is 0 Å². The van der Waals surface area contributed by atoms with Crippen LogP contribution in [-0.2, 0) is 0 Å². The Hall–Kier alpha value is 0.224. The van der Waals surface area contributed by atoms with Gasteiger partial charge in [0, 0.05) is 0 Å². The fraction of sp³-hybridized carbons (Fsp3) is 0. The van der Waals surface area contributed by atoms with Gasteiger partial charge in [-0.25, -0.2) is 0 Å². The molecule has 0 heterocycles. The smallest absolute Gasteiger partial charge is 0.652 e. The van der Waals surface area contributed by atoms with E-state index in [1.54, 1.807) is 0 Å². The quantitative estimate of drug-likeness (QED) is 0.277. The summed E-state index contributed by atoms with van der Waals surface area (Å²) in [6, 6.07) is 0. The van der Waals surface area contributed by atoms with Gasteiger partial charge in [-0.15, -0.1) is 0 Å². The van der Waals surface area contributed by atoms with Crippen molar-refractivity contribution in [3.63, 3.8) is 0 Å². The molecule has 13 heteroatoms. The number of carbonyl (C=O) groups excluding carboxylic acids is 3. The first kappa shape index (κ1) is 44.2. The van der Waals surface area contributed by atoms with Crippen LogP contribution < -0.4 is 30.6 Å². The Kier molecular flexibility index (Phi) is 100.0. The van der Waals surface area contributed by atoms with Crippen molar-refractivity contribution in [1.82, 2.24) is 0 Å². The molecule has 2 radical (unpaired) electrons. The molecule has 0 aliphatic heterocycles. The Labute approximate surface area is 147 Å². The van der Waals surface area contributed by atoms with Gasteiger partial charge in [0.25, 0.3) is 0 Å². The topological polar surface area (TPSA) is 253 Å². The Morgan fingerprint density at radius 1 is 0.500 bits per heavy atom. The molecule has 0 aromatic carbocycles. The molecule has 16 heavy (non-hydrogen) atoms. The molecule has 0 unspecified atom stereocenters. The maximum atomic E-state index is 8.33. The van der Waals surface area contributed by atoms with Crippen LogP contribution in [-0.4, -0.2) is 29.4 Å². The van der Waals surface area contributed by atoms with Crippen LogP contribution in [0.15, 0.2) is 0 Å². The number of carboxylic acid groups (broad SMARTS) is 6. The molecule has 0 aromatic rings. The van der Waals surface area contributed by atoms with Gasteiger partial charge in [-0.05, 0) is 18.5 Å². The average molecular weight is 551 g/mol. The summed E-state index contributed by atoms with van der Waals surface area (Å²) in [6.07, 6.45) is -7.00. The monoisotopic (exact) mass is 548 g/mol. The molecule has 0 saturated carbocycles. The Balaban J connectivity index is -0.0000000135. The number of hydrogen-bond donors (Lipinski definition) is 0. The normalized spacial score (nSPS) is 4.50. The molecule has 0 aliphatic rings. The first-order chi connectivity index (χ1) is 5.20. The first-order valence-electron chi connectivity index (χ1n) is 1.84. The summed E-state index contributed by atoms with van der Waals surface area (Å²) in [6.45, 7) is 0. The van der Waals surface area contributed by atoms with E-state index in [9.17, 15) is 0 Å². The molecule has 0 rings (SSSR count). The van der Waals surface area contributed by atoms with Gasteiger partial charge >= 0.3 is 74.6 Å². The number of rotatable bonds is 0. The summed E-state index contributed by atoms with van der Waals surface area (Å²) in [7, 11) is 0. The molecular weight excluding hydrogens is 547 g/mol. The van der Waals surface area contributed by atoms with Crippen molar-refractivity contribution in [3.05, 3.63) is 0 Å². The van der Waals surface area contributed by atoms with E-state index in [1.807, 2.05) is 0 Å². The molecule has 11 nitrogen and oxygen atoms in total. The zero-order chi connectivity index (χ0) is 10.7. The van der Waals surface area contributed by atoms with E-state index in [2.05, 4.69) is 0 Å². The molecule has 0 fully saturated rings. The van der Waals surface area contributed by atoms with Gasteiger partial charge in [-0.2, -0.15) is 0 Å². The minimum atomic E-state index is -2.33. The summed E-state index contributed by atoms with van der Waals surface area (Å²) >= 11 is 0. The van der Waals surface area contributed by atoms with Crippen molar-refractivity contribution in [2.75, 3.05) is 0 Å². The summed E-state index contributed by atoms with van der Waals surface area (Å²) < 4.78 is 0. The predicted octanol–water partition coefficient (Wildman–Crippen LogP) is -8.99. The SMILES string of the molecule is O.O.O=C([O-])[O-].O=C([O-])[O-].O=C([O-])[O-].[Er+3].[Er+3]. The van der Waals surface area contributed by atoms with Gasteiger partial charge in [0.1, 0.15) is 0 Å². The van der Waals surface area contributed by atoms with Crippen molar-refractivity contribution in [2.24, 2.45) is 0 Å². The van der Waals surface area contributed by atoms with Crippen molar-refractivity contribution in [2.45, 2.75) is 0 Å². The summed E-state index contributed by atoms with van der Waals surface area (Å²) in [5.74, 6) is 0. The van der Waals surface area contributed by atoms with E-state index in [1.165, 1.54) is 0 Å². The van der Waals surface area contributed by atoms with E-state index in [0.717, 1.165) is 0 Å². The molecule has 0 atom stereocenters. The zero-order valence-corrected chi connectivity index (χ0v) is 10.5. The third-order valence-electron chi connectivity index (χ3n) is 0. The molecule has 0 amide bonds. The van der Waals surface area contributed by atoms with E-state index in [-0.39, 0.29) is 85.6 Å². The number of carbonyl (C=O) groups is 3. The fourth-order valence-electron chi connectivity index (χ4n) is 0. The minimum Gasteiger partial charge on any atom is -0.652 e. The third kappa shape index (κ3) is 49800. The molecule has 106 valence electrons. The molecule has 0 aromatic heterocycles. The molecule has 4 N–H and O–H groups in total. The second-order valence-electron chi connectivity index (χ2n) is 0.750. The van der Waals surface area contributed by atoms with Gasteiger partial charge in [0.05, 0.1) is 0 Å². The summed E-state index contributed by atoms with van der Waals surface area (Å²) in [4.78, 5) is 25.0. The van der Waals surface area contributed by atoms with E-state index < -0.39 is 18.5 Å². The van der Waals surface area contributed by atoms with Gasteiger partial charge in [-0.3, -0.25) is 0 Å². The van der Waals surface area contributed by atoms with Crippen molar-refractivity contribution >= 4 is 18.5 Å². The first-order valence-corrected chi connectivity index (χ1v) is 1.84. The molecule has 0 saturated heterocycles. The van der Waals surface area contributed by atoms with Crippen LogP contribution in [0.5, 0.6) is 0 Å². The zero-order valence-electron chi connectivity index (χ0n) is 6.75. The molecular formula is C3H4Er2O11. The molecule has 0 bridgehead atoms. The van der Waals surface area contributed by atoms with Gasteiger partial charge in [0.2, 0.25) is 0 Å². The van der Waals surface area contributed by atoms with Crippen LogP contribution in [0.1, 0.15) is 0 Å². The van der Waals surface area contributed by atoms with Crippen LogP contribution >= 0.6 is 0 Å². The van der Waals surface area contributed by atoms with Gasteiger partial charge < -0.3 is 56.0 Å². The Morgan fingerprint density at radius 2 is 0.500 bits per heavy atom. The van der Waals surface area contributed by atoms with Crippen LogP contribution in [0.3, 0.4) is 0 Å². The Morgan fingerprint density at radius 3 is 0.500 bits per heavy atom.